The lowest BCUT2D eigenvalue weighted by Crippen LogP contribution is -2.29. The fourth-order valence-corrected chi connectivity index (χ4v) is 16.1. The van der Waals surface area contributed by atoms with E-state index >= 15 is 0 Å². The van der Waals surface area contributed by atoms with Crippen LogP contribution in [-0.2, 0) is 11.0 Å². The Morgan fingerprint density at radius 1 is 0.283 bits per heavy atom. The van der Waals surface area contributed by atoms with Gasteiger partial charge in [0.25, 0.3) is 0 Å². The molecule has 1 N–H and O–H groups in total. The quantitative estimate of drug-likeness (QED) is 0.173. The Labute approximate surface area is 575 Å². The second-order valence-electron chi connectivity index (χ2n) is 26.1. The Morgan fingerprint density at radius 3 is 1.15 bits per heavy atom. The number of aliphatic hydroxyl groups is 1. The smallest absolute Gasteiger partial charge is 0.143 e. The number of fused-ring (bicyclic) bond motifs is 14. The molecule has 5 nitrogen and oxygen atoms in total. The highest BCUT2D eigenvalue weighted by molar-refractivity contribution is 6.12. The summed E-state index contributed by atoms with van der Waals surface area (Å²) in [4.78, 5) is 10.5. The third kappa shape index (κ3) is 9.41. The summed E-state index contributed by atoms with van der Waals surface area (Å²) in [5.41, 5.74) is 26.1. The molecule has 2 aliphatic carbocycles. The van der Waals surface area contributed by atoms with Crippen molar-refractivity contribution in [1.82, 2.24) is 19.1 Å². The van der Waals surface area contributed by atoms with Gasteiger partial charge in [-0.1, -0.05) is 302 Å². The number of aromatic nitrogens is 4. The van der Waals surface area contributed by atoms with Crippen LogP contribution in [0.25, 0.3) is 122 Å². The fourth-order valence-electron chi connectivity index (χ4n) is 16.1. The van der Waals surface area contributed by atoms with E-state index in [-0.39, 0.29) is 0 Å². The third-order valence-corrected chi connectivity index (χ3v) is 20.5. The third-order valence-electron chi connectivity index (χ3n) is 20.5. The van der Waals surface area contributed by atoms with Gasteiger partial charge >= 0.3 is 0 Å². The maximum Gasteiger partial charge on any atom is 0.143 e. The molecule has 2 aliphatic rings. The first-order valence-electron chi connectivity index (χ1n) is 34.0. The summed E-state index contributed by atoms with van der Waals surface area (Å²) >= 11 is 0. The molecule has 18 aromatic rings. The molecule has 4 aromatic heterocycles. The highest BCUT2D eigenvalue weighted by atomic mass is 16.3. The lowest BCUT2D eigenvalue weighted by atomic mass is 9.66. The van der Waals surface area contributed by atoms with Crippen molar-refractivity contribution in [3.63, 3.8) is 0 Å². The summed E-state index contributed by atoms with van der Waals surface area (Å²) in [5.74, 6) is 0. The molecule has 0 fully saturated rings. The van der Waals surface area contributed by atoms with Gasteiger partial charge in [0.15, 0.2) is 0 Å². The van der Waals surface area contributed by atoms with Crippen molar-refractivity contribution in [2.75, 3.05) is 0 Å². The Morgan fingerprint density at radius 2 is 0.646 bits per heavy atom. The number of aryl methyl sites for hydroxylation is 2. The average molecular weight is 1270 g/mol. The minimum Gasteiger partial charge on any atom is -0.376 e. The van der Waals surface area contributed by atoms with Crippen LogP contribution in [0, 0.1) is 13.8 Å². The van der Waals surface area contributed by atoms with Crippen molar-refractivity contribution < 1.29 is 5.11 Å². The van der Waals surface area contributed by atoms with Gasteiger partial charge in [0.05, 0.1) is 49.9 Å². The largest absolute Gasteiger partial charge is 0.376 e. The number of pyridine rings is 2. The molecular formula is C94H66N4O. The van der Waals surface area contributed by atoms with Crippen molar-refractivity contribution in [3.8, 4) is 56.1 Å². The zero-order valence-corrected chi connectivity index (χ0v) is 54.8. The molecule has 468 valence electrons. The average Bonchev–Trinajstić information content (AvgIpc) is 1.55. The first-order valence-corrected chi connectivity index (χ1v) is 34.0. The van der Waals surface area contributed by atoms with Crippen molar-refractivity contribution in [3.05, 3.63) is 408 Å². The molecule has 0 radical (unpaired) electrons. The van der Waals surface area contributed by atoms with Crippen LogP contribution in [0.2, 0.25) is 0 Å². The summed E-state index contributed by atoms with van der Waals surface area (Å²) in [6.07, 6.45) is 0. The van der Waals surface area contributed by atoms with Gasteiger partial charge in [0.2, 0.25) is 0 Å². The minimum atomic E-state index is -1.27. The number of hydrogen-bond acceptors (Lipinski definition) is 3. The van der Waals surface area contributed by atoms with Gasteiger partial charge < -0.3 is 14.2 Å². The summed E-state index contributed by atoms with van der Waals surface area (Å²) in [6, 6.07) is 127. The monoisotopic (exact) mass is 1270 g/mol. The van der Waals surface area contributed by atoms with E-state index in [2.05, 4.69) is 296 Å². The van der Waals surface area contributed by atoms with Gasteiger partial charge in [-0.2, -0.15) is 0 Å². The first-order chi connectivity index (χ1) is 48.9. The van der Waals surface area contributed by atoms with Gasteiger partial charge in [-0.05, 0) is 120 Å². The van der Waals surface area contributed by atoms with Gasteiger partial charge in [-0.25, -0.2) is 9.97 Å². The highest BCUT2D eigenvalue weighted by Crippen LogP contribution is 2.60. The molecular weight excluding hydrogens is 1200 g/mol. The van der Waals surface area contributed by atoms with Crippen LogP contribution >= 0.6 is 0 Å². The predicted molar refractivity (Wildman–Crippen MR) is 410 cm³/mol. The molecule has 2 unspecified atom stereocenters. The molecule has 14 aromatic carbocycles. The summed E-state index contributed by atoms with van der Waals surface area (Å²) in [6.45, 7) is 4.26. The lowest BCUT2D eigenvalue weighted by Gasteiger charge is -2.35. The van der Waals surface area contributed by atoms with Crippen molar-refractivity contribution in [2.45, 2.75) is 24.9 Å². The standard InChI is InChI=1S/C47H32N2.C28H19NO.C19H15N/c1-31-24-27-35(28-25-31)49-42-23-13-10-18-36(42)39-30-34(26-29-43(39)49)47(33-16-6-3-7-17-33)40-21-11-8-19-37(40)46-45(47)44(32-14-4-2-5-15-32)38-20-9-12-22-41(38)48-46;30-28(20-13-5-2-6-14-20)23-17-9-7-15-21(23)27-26(28)25(19-11-3-1-4-12-19)22-16-8-10-18-24(22)29-27;1-14-10-12-15(13-11-14)20-18-8-4-2-6-16(18)17-7-3-5-9-19(17)20/h2-30H,1H3;1-18,30H;2-13H,1H3. The minimum absolute atomic E-state index is 0.614. The molecule has 20 rings (SSSR count). The van der Waals surface area contributed by atoms with Crippen molar-refractivity contribution in [1.29, 1.82) is 0 Å². The maximum atomic E-state index is 12.4. The van der Waals surface area contributed by atoms with Crippen LogP contribution in [0.4, 0.5) is 0 Å². The molecule has 0 saturated carbocycles. The highest BCUT2D eigenvalue weighted by Gasteiger charge is 2.50. The Hall–Kier alpha value is -12.5. The molecule has 0 spiro atoms. The van der Waals surface area contributed by atoms with Gasteiger partial charge in [0.1, 0.15) is 5.60 Å². The SMILES string of the molecule is Cc1ccc(-n2c3ccccc3c3cc(C4(c5ccccc5)c5ccccc5-c5nc6ccccc6c(-c6ccccc6)c54)ccc32)cc1.Cc1ccc(-n2c3ccccc3c3ccccc32)cc1.OC1(c2ccccc2)c2ccccc2-c2nc3ccccc3c(-c3ccccc3)c21. The van der Waals surface area contributed by atoms with E-state index in [4.69, 9.17) is 9.97 Å². The topological polar surface area (TPSA) is 55.9 Å². The van der Waals surface area contributed by atoms with Crippen molar-refractivity contribution >= 4 is 65.4 Å². The van der Waals surface area contributed by atoms with E-state index in [1.54, 1.807) is 0 Å². The van der Waals surface area contributed by atoms with E-state index in [0.29, 0.717) is 0 Å². The van der Waals surface area contributed by atoms with E-state index in [1.807, 2.05) is 84.9 Å². The second-order valence-corrected chi connectivity index (χ2v) is 26.1. The molecule has 0 saturated heterocycles. The van der Waals surface area contributed by atoms with Crippen LogP contribution in [0.15, 0.2) is 358 Å². The zero-order valence-electron chi connectivity index (χ0n) is 54.8. The van der Waals surface area contributed by atoms with Crippen LogP contribution in [0.1, 0.15) is 50.1 Å². The Bertz CT molecular complexity index is 6070. The predicted octanol–water partition coefficient (Wildman–Crippen LogP) is 22.9. The van der Waals surface area contributed by atoms with Crippen LogP contribution in [0.3, 0.4) is 0 Å². The molecule has 2 atom stereocenters. The lowest BCUT2D eigenvalue weighted by molar-refractivity contribution is 0.131. The molecule has 0 amide bonds. The fraction of sp³-hybridized carbons (Fsp3) is 0.0426. The summed E-state index contributed by atoms with van der Waals surface area (Å²) in [7, 11) is 0. The van der Waals surface area contributed by atoms with Gasteiger partial charge in [0, 0.05) is 77.1 Å². The second kappa shape index (κ2) is 24.0. The zero-order chi connectivity index (χ0) is 66.2. The molecule has 4 heterocycles. The summed E-state index contributed by atoms with van der Waals surface area (Å²) < 4.78 is 4.74. The normalized spacial score (nSPS) is 14.9. The number of hydrogen-bond donors (Lipinski definition) is 1. The number of nitrogens with zero attached hydrogens (tertiary/aromatic N) is 4. The van der Waals surface area contributed by atoms with E-state index in [1.165, 1.54) is 105 Å². The molecule has 5 heteroatoms. The molecule has 0 bridgehead atoms. The van der Waals surface area contributed by atoms with E-state index in [0.717, 1.165) is 66.6 Å². The van der Waals surface area contributed by atoms with E-state index < -0.39 is 11.0 Å². The first kappa shape index (κ1) is 59.0. The summed E-state index contributed by atoms with van der Waals surface area (Å²) in [5, 5.41) is 19.7. The Balaban J connectivity index is 0.000000120. The van der Waals surface area contributed by atoms with Gasteiger partial charge in [-0.3, -0.25) is 0 Å². The van der Waals surface area contributed by atoms with Crippen LogP contribution in [0.5, 0.6) is 0 Å². The Kier molecular flexibility index (Phi) is 14.3. The maximum absolute atomic E-state index is 12.4. The van der Waals surface area contributed by atoms with Crippen molar-refractivity contribution in [2.24, 2.45) is 0 Å². The number of benzene rings is 14. The molecule has 0 aliphatic heterocycles. The molecule has 99 heavy (non-hydrogen) atoms. The van der Waals surface area contributed by atoms with Gasteiger partial charge in [-0.15, -0.1) is 0 Å². The number of rotatable bonds is 7. The van der Waals surface area contributed by atoms with Crippen LogP contribution in [-0.4, -0.2) is 24.2 Å². The van der Waals surface area contributed by atoms with E-state index in [9.17, 15) is 5.11 Å². The number of para-hydroxylation sites is 5. The van der Waals surface area contributed by atoms with Crippen LogP contribution < -0.4 is 0 Å².